The van der Waals surface area contributed by atoms with E-state index in [2.05, 4.69) is 18.4 Å². The van der Waals surface area contributed by atoms with Crippen molar-refractivity contribution in [1.82, 2.24) is 0 Å². The molecule has 2 N–H and O–H groups in total. The van der Waals surface area contributed by atoms with E-state index in [9.17, 15) is 4.57 Å². The Balaban J connectivity index is 3.83. The van der Waals surface area contributed by atoms with Gasteiger partial charge in [0.2, 0.25) is 0 Å². The van der Waals surface area contributed by atoms with E-state index in [1.54, 1.807) is 0 Å². The van der Waals surface area contributed by atoms with E-state index >= 15 is 0 Å². The maximum Gasteiger partial charge on any atom is 0.469 e. The topological polar surface area (TPSA) is 94.5 Å². The SMILES string of the molecule is CCCCCCCCCCCCCCCCOC(COCCOP(=O)(O)O)OCCCCCCCCCCCCCCC. The third kappa shape index (κ3) is 38.1. The zero-order valence-corrected chi connectivity index (χ0v) is 29.5. The maximum absolute atomic E-state index is 10.8. The molecule has 1 unspecified atom stereocenters. The molecule has 0 heterocycles. The highest BCUT2D eigenvalue weighted by molar-refractivity contribution is 7.46. The molecule has 0 rings (SSSR count). The lowest BCUT2D eigenvalue weighted by atomic mass is 10.0. The van der Waals surface area contributed by atoms with E-state index in [0.29, 0.717) is 13.2 Å². The number of phosphoric acid groups is 1. The van der Waals surface area contributed by atoms with Gasteiger partial charge in [-0.05, 0) is 12.8 Å². The van der Waals surface area contributed by atoms with Crippen LogP contribution in [0, 0.1) is 0 Å². The molecule has 0 aromatic rings. The van der Waals surface area contributed by atoms with Crippen molar-refractivity contribution in [1.29, 1.82) is 0 Å². The minimum absolute atomic E-state index is 0.0892. The zero-order valence-electron chi connectivity index (χ0n) is 28.6. The number of hydrogen-bond donors (Lipinski definition) is 2. The Morgan fingerprint density at radius 1 is 0.442 bits per heavy atom. The number of phosphoric ester groups is 1. The first-order chi connectivity index (χ1) is 21.0. The molecule has 0 amide bonds. The molecule has 0 fully saturated rings. The first-order valence-corrected chi connectivity index (χ1v) is 20.0. The summed E-state index contributed by atoms with van der Waals surface area (Å²) in [6.07, 6.45) is 35.3. The van der Waals surface area contributed by atoms with E-state index in [-0.39, 0.29) is 19.8 Å². The van der Waals surface area contributed by atoms with Gasteiger partial charge in [-0.3, -0.25) is 4.52 Å². The van der Waals surface area contributed by atoms with Crippen LogP contribution in [-0.2, 0) is 23.3 Å². The van der Waals surface area contributed by atoms with Crippen LogP contribution < -0.4 is 0 Å². The minimum atomic E-state index is -4.46. The molecule has 0 aliphatic heterocycles. The average Bonchev–Trinajstić information content (AvgIpc) is 2.98. The predicted molar refractivity (Wildman–Crippen MR) is 181 cm³/mol. The van der Waals surface area contributed by atoms with Crippen LogP contribution in [0.3, 0.4) is 0 Å². The van der Waals surface area contributed by atoms with Crippen molar-refractivity contribution in [2.45, 2.75) is 193 Å². The second-order valence-corrected chi connectivity index (χ2v) is 13.6. The van der Waals surface area contributed by atoms with E-state index in [1.165, 1.54) is 161 Å². The van der Waals surface area contributed by atoms with Gasteiger partial charge >= 0.3 is 7.82 Å². The van der Waals surface area contributed by atoms with E-state index in [0.717, 1.165) is 12.8 Å². The van der Waals surface area contributed by atoms with Gasteiger partial charge in [-0.1, -0.05) is 174 Å². The Morgan fingerprint density at radius 3 is 1.05 bits per heavy atom. The van der Waals surface area contributed by atoms with Crippen molar-refractivity contribution in [3.05, 3.63) is 0 Å². The summed E-state index contributed by atoms with van der Waals surface area (Å²) in [6, 6.07) is 0. The fraction of sp³-hybridized carbons (Fsp3) is 1.00. The maximum atomic E-state index is 10.8. The quantitative estimate of drug-likeness (QED) is 0.0398. The molecule has 0 saturated heterocycles. The molecule has 0 aliphatic carbocycles. The molecule has 0 spiro atoms. The predicted octanol–water partition coefficient (Wildman–Crippen LogP) is 11.0. The first kappa shape index (κ1) is 43.0. The van der Waals surface area contributed by atoms with Crippen LogP contribution in [0.1, 0.15) is 187 Å². The number of rotatable bonds is 37. The lowest BCUT2D eigenvalue weighted by Crippen LogP contribution is -2.25. The van der Waals surface area contributed by atoms with Crippen molar-refractivity contribution in [2.75, 3.05) is 33.0 Å². The summed E-state index contributed by atoms with van der Waals surface area (Å²) in [7, 11) is -4.46. The van der Waals surface area contributed by atoms with Crippen molar-refractivity contribution in [3.8, 4) is 0 Å². The Kier molecular flexibility index (Phi) is 34.8. The Labute approximate surface area is 267 Å². The number of ether oxygens (including phenoxy) is 3. The van der Waals surface area contributed by atoms with Crippen LogP contribution >= 0.6 is 7.82 Å². The molecule has 0 aromatic heterocycles. The summed E-state index contributed by atoms with van der Waals surface area (Å²) in [6.45, 7) is 6.00. The summed E-state index contributed by atoms with van der Waals surface area (Å²) < 4.78 is 32.7. The Bertz CT molecular complexity index is 572. The molecule has 43 heavy (non-hydrogen) atoms. The van der Waals surface area contributed by atoms with Crippen molar-refractivity contribution in [3.63, 3.8) is 0 Å². The zero-order chi connectivity index (χ0) is 31.5. The molecule has 8 heteroatoms. The van der Waals surface area contributed by atoms with Crippen LogP contribution in [-0.4, -0.2) is 49.1 Å². The van der Waals surface area contributed by atoms with Crippen LogP contribution in [0.2, 0.25) is 0 Å². The van der Waals surface area contributed by atoms with Crippen LogP contribution in [0.4, 0.5) is 0 Å². The second kappa shape index (κ2) is 34.9. The monoisotopic (exact) mass is 637 g/mol. The molecular formula is C35H73O7P. The van der Waals surface area contributed by atoms with Gasteiger partial charge < -0.3 is 24.0 Å². The molecule has 0 radical (unpaired) electrons. The lowest BCUT2D eigenvalue weighted by molar-refractivity contribution is -0.174. The third-order valence-electron chi connectivity index (χ3n) is 8.09. The number of hydrogen-bond acceptors (Lipinski definition) is 5. The smallest absolute Gasteiger partial charge is 0.374 e. The van der Waals surface area contributed by atoms with Crippen LogP contribution in [0.5, 0.6) is 0 Å². The average molecular weight is 637 g/mol. The lowest BCUT2D eigenvalue weighted by Gasteiger charge is -2.19. The fourth-order valence-electron chi connectivity index (χ4n) is 5.38. The van der Waals surface area contributed by atoms with E-state index in [1.807, 2.05) is 0 Å². The Morgan fingerprint density at radius 2 is 0.744 bits per heavy atom. The van der Waals surface area contributed by atoms with Crippen LogP contribution in [0.15, 0.2) is 0 Å². The normalized spacial score (nSPS) is 12.7. The fourth-order valence-corrected chi connectivity index (χ4v) is 5.70. The highest BCUT2D eigenvalue weighted by Gasteiger charge is 2.14. The summed E-state index contributed by atoms with van der Waals surface area (Å²) in [5, 5.41) is 0. The number of unbranched alkanes of at least 4 members (excludes halogenated alkanes) is 25. The van der Waals surface area contributed by atoms with Gasteiger partial charge in [0.05, 0.1) is 19.8 Å². The van der Waals surface area contributed by atoms with Gasteiger partial charge in [0.15, 0.2) is 6.29 Å². The molecule has 260 valence electrons. The molecular weight excluding hydrogens is 563 g/mol. The van der Waals surface area contributed by atoms with Gasteiger partial charge in [0, 0.05) is 13.2 Å². The van der Waals surface area contributed by atoms with Gasteiger partial charge in [0.1, 0.15) is 0 Å². The standard InChI is InChI=1S/C35H73O7P/c1-3-5-7-9-11-13-15-17-19-21-23-25-27-29-31-41-35(34-39-32-33-42-43(36,37)38)40-30-28-26-24-22-20-18-16-14-12-10-8-6-4-2/h35H,3-34H2,1-2H3,(H2,36,37,38). The summed E-state index contributed by atoms with van der Waals surface area (Å²) in [5.41, 5.74) is 0. The van der Waals surface area contributed by atoms with Gasteiger partial charge in [-0.25, -0.2) is 4.57 Å². The van der Waals surface area contributed by atoms with Crippen LogP contribution in [0.25, 0.3) is 0 Å². The van der Waals surface area contributed by atoms with Crippen molar-refractivity contribution >= 4 is 7.82 Å². The van der Waals surface area contributed by atoms with Gasteiger partial charge in [-0.2, -0.15) is 0 Å². The molecule has 1 atom stereocenters. The highest BCUT2D eigenvalue weighted by atomic mass is 31.2. The van der Waals surface area contributed by atoms with Gasteiger partial charge in [-0.15, -0.1) is 0 Å². The molecule has 0 saturated carbocycles. The first-order valence-electron chi connectivity index (χ1n) is 18.5. The third-order valence-corrected chi connectivity index (χ3v) is 8.61. The molecule has 7 nitrogen and oxygen atoms in total. The van der Waals surface area contributed by atoms with E-state index < -0.39 is 14.1 Å². The molecule has 0 aromatic carbocycles. The summed E-state index contributed by atoms with van der Waals surface area (Å²) in [4.78, 5) is 17.6. The largest absolute Gasteiger partial charge is 0.469 e. The molecule has 0 aliphatic rings. The summed E-state index contributed by atoms with van der Waals surface area (Å²) in [5.74, 6) is 0. The van der Waals surface area contributed by atoms with E-state index in [4.69, 9.17) is 24.0 Å². The van der Waals surface area contributed by atoms with Gasteiger partial charge in [0.25, 0.3) is 0 Å². The minimum Gasteiger partial charge on any atom is -0.374 e. The highest BCUT2D eigenvalue weighted by Crippen LogP contribution is 2.35. The van der Waals surface area contributed by atoms with Crippen molar-refractivity contribution in [2.24, 2.45) is 0 Å². The Hall–Kier alpha value is -0.0100. The second-order valence-electron chi connectivity index (χ2n) is 12.4. The van der Waals surface area contributed by atoms with Crippen molar-refractivity contribution < 1.29 is 33.1 Å². The summed E-state index contributed by atoms with van der Waals surface area (Å²) >= 11 is 0. The molecule has 0 bridgehead atoms.